The fourth-order valence-corrected chi connectivity index (χ4v) is 3.32. The molecule has 1 heterocycles. The van der Waals surface area contributed by atoms with E-state index in [1.54, 1.807) is 0 Å². The van der Waals surface area contributed by atoms with Gasteiger partial charge in [0.05, 0.1) is 11.9 Å². The van der Waals surface area contributed by atoms with E-state index in [1.165, 1.54) is 36.0 Å². The topological polar surface area (TPSA) is 54.7 Å². The van der Waals surface area contributed by atoms with Crippen molar-refractivity contribution in [2.24, 2.45) is 5.73 Å². The Kier molecular flexibility index (Phi) is 2.49. The average molecular weight is 253 g/mol. The molecule has 1 saturated carbocycles. The molecule has 2 aromatic rings. The summed E-state index contributed by atoms with van der Waals surface area (Å²) in [6.45, 7) is 0. The van der Waals surface area contributed by atoms with Crippen molar-refractivity contribution in [1.29, 1.82) is 0 Å². The molecule has 98 valence electrons. The maximum Gasteiger partial charge on any atom is 0.109 e. The van der Waals surface area contributed by atoms with Crippen LogP contribution in [0.1, 0.15) is 42.1 Å². The zero-order valence-electron chi connectivity index (χ0n) is 11.0. The highest BCUT2D eigenvalue weighted by Gasteiger charge is 2.29. The van der Waals surface area contributed by atoms with Crippen LogP contribution in [0.5, 0.6) is 0 Å². The second kappa shape index (κ2) is 4.20. The molecule has 0 bridgehead atoms. The van der Waals surface area contributed by atoms with Gasteiger partial charge in [-0.2, -0.15) is 0 Å². The Morgan fingerprint density at radius 3 is 2.84 bits per heavy atom. The second-order valence-corrected chi connectivity index (χ2v) is 5.95. The molecule has 0 atom stereocenters. The lowest BCUT2D eigenvalue weighted by Crippen LogP contribution is -2.35. The molecular formula is C16H19N3. The number of hydrogen-bond acceptors (Lipinski definition) is 2. The van der Waals surface area contributed by atoms with Gasteiger partial charge in [-0.05, 0) is 54.9 Å². The lowest BCUT2D eigenvalue weighted by molar-refractivity contribution is 0.340. The van der Waals surface area contributed by atoms with E-state index in [-0.39, 0.29) is 0 Å². The first-order chi connectivity index (χ1) is 9.29. The third kappa shape index (κ3) is 1.89. The van der Waals surface area contributed by atoms with Crippen molar-refractivity contribution in [2.75, 3.05) is 0 Å². The Hall–Kier alpha value is -1.61. The molecule has 0 radical (unpaired) electrons. The van der Waals surface area contributed by atoms with Gasteiger partial charge in [-0.25, -0.2) is 4.98 Å². The number of nitrogens with one attached hydrogen (secondary N) is 1. The molecule has 4 rings (SSSR count). The van der Waals surface area contributed by atoms with Gasteiger partial charge in [0.25, 0.3) is 0 Å². The molecule has 0 amide bonds. The second-order valence-electron chi connectivity index (χ2n) is 5.95. The molecule has 3 N–H and O–H groups in total. The molecule has 0 saturated heterocycles. The molecular weight excluding hydrogens is 234 g/mol. The van der Waals surface area contributed by atoms with Crippen LogP contribution < -0.4 is 5.73 Å². The van der Waals surface area contributed by atoms with Gasteiger partial charge in [-0.15, -0.1) is 0 Å². The smallest absolute Gasteiger partial charge is 0.109 e. The molecule has 0 unspecified atom stereocenters. The number of nitrogens with two attached hydrogens (primary N) is 1. The van der Waals surface area contributed by atoms with Gasteiger partial charge in [0.2, 0.25) is 0 Å². The van der Waals surface area contributed by atoms with Gasteiger partial charge in [0.15, 0.2) is 0 Å². The normalized spacial score (nSPS) is 25.1. The van der Waals surface area contributed by atoms with Crippen molar-refractivity contribution in [1.82, 2.24) is 9.97 Å². The predicted molar refractivity (Wildman–Crippen MR) is 76.0 cm³/mol. The summed E-state index contributed by atoms with van der Waals surface area (Å²) in [5.74, 6) is 1.65. The number of aromatic nitrogens is 2. The Morgan fingerprint density at radius 1 is 1.16 bits per heavy atom. The van der Waals surface area contributed by atoms with E-state index in [0.717, 1.165) is 24.4 Å². The summed E-state index contributed by atoms with van der Waals surface area (Å²) in [7, 11) is 0. The molecule has 3 nitrogen and oxygen atoms in total. The molecule has 1 fully saturated rings. The summed E-state index contributed by atoms with van der Waals surface area (Å²) in [4.78, 5) is 8.01. The SMILES string of the molecule is NC1CC(c2ncc(-c3ccc4c(c3)CCC4)[nH]2)C1. The number of aromatic amines is 1. The number of H-pyrrole nitrogens is 1. The minimum Gasteiger partial charge on any atom is -0.342 e. The lowest BCUT2D eigenvalue weighted by atomic mass is 9.80. The van der Waals surface area contributed by atoms with Crippen molar-refractivity contribution in [3.8, 4) is 11.3 Å². The van der Waals surface area contributed by atoms with E-state index < -0.39 is 0 Å². The highest BCUT2D eigenvalue weighted by molar-refractivity contribution is 5.61. The number of nitrogens with zero attached hydrogens (tertiary/aromatic N) is 1. The molecule has 19 heavy (non-hydrogen) atoms. The van der Waals surface area contributed by atoms with Crippen molar-refractivity contribution >= 4 is 0 Å². The number of hydrogen-bond donors (Lipinski definition) is 2. The first-order valence-electron chi connectivity index (χ1n) is 7.22. The van der Waals surface area contributed by atoms with Gasteiger partial charge < -0.3 is 10.7 Å². The van der Waals surface area contributed by atoms with E-state index in [9.17, 15) is 0 Å². The average Bonchev–Trinajstić information content (AvgIpc) is 3.02. The monoisotopic (exact) mass is 253 g/mol. The van der Waals surface area contributed by atoms with Crippen LogP contribution in [0.25, 0.3) is 11.3 Å². The van der Waals surface area contributed by atoms with E-state index in [2.05, 4.69) is 28.2 Å². The van der Waals surface area contributed by atoms with Gasteiger partial charge >= 0.3 is 0 Å². The van der Waals surface area contributed by atoms with Crippen LogP contribution in [-0.4, -0.2) is 16.0 Å². The van der Waals surface area contributed by atoms with Gasteiger partial charge in [0.1, 0.15) is 5.82 Å². The maximum atomic E-state index is 5.84. The number of imidazole rings is 1. The third-order valence-electron chi connectivity index (χ3n) is 4.57. The Morgan fingerprint density at radius 2 is 2.00 bits per heavy atom. The Balaban J connectivity index is 1.62. The van der Waals surface area contributed by atoms with Crippen molar-refractivity contribution < 1.29 is 0 Å². The van der Waals surface area contributed by atoms with Crippen LogP contribution in [0, 0.1) is 0 Å². The first kappa shape index (κ1) is 11.2. The predicted octanol–water partition coefficient (Wildman–Crippen LogP) is 2.77. The summed E-state index contributed by atoms with van der Waals surface area (Å²) >= 11 is 0. The minimum absolute atomic E-state index is 0.374. The summed E-state index contributed by atoms with van der Waals surface area (Å²) in [6.07, 6.45) is 7.86. The fraction of sp³-hybridized carbons (Fsp3) is 0.438. The van der Waals surface area contributed by atoms with Crippen LogP contribution in [-0.2, 0) is 12.8 Å². The van der Waals surface area contributed by atoms with Crippen LogP contribution in [0.15, 0.2) is 24.4 Å². The Labute approximate surface area is 113 Å². The summed E-state index contributed by atoms with van der Waals surface area (Å²) in [5, 5.41) is 0. The van der Waals surface area contributed by atoms with E-state index in [1.807, 2.05) is 6.20 Å². The fourth-order valence-electron chi connectivity index (χ4n) is 3.32. The first-order valence-corrected chi connectivity index (χ1v) is 7.22. The van der Waals surface area contributed by atoms with Crippen LogP contribution in [0.2, 0.25) is 0 Å². The number of aryl methyl sites for hydroxylation is 2. The molecule has 3 heteroatoms. The molecule has 1 aromatic heterocycles. The minimum atomic E-state index is 0.374. The number of rotatable bonds is 2. The van der Waals surface area contributed by atoms with Crippen LogP contribution in [0.4, 0.5) is 0 Å². The summed E-state index contributed by atoms with van der Waals surface area (Å²) < 4.78 is 0. The molecule has 0 aliphatic heterocycles. The highest BCUT2D eigenvalue weighted by atomic mass is 14.9. The molecule has 0 spiro atoms. The van der Waals surface area contributed by atoms with Gasteiger partial charge in [-0.1, -0.05) is 12.1 Å². The van der Waals surface area contributed by atoms with Gasteiger partial charge in [-0.3, -0.25) is 0 Å². The molecule has 1 aromatic carbocycles. The highest BCUT2D eigenvalue weighted by Crippen LogP contribution is 2.35. The summed E-state index contributed by atoms with van der Waals surface area (Å²) in [5.41, 5.74) is 11.3. The zero-order chi connectivity index (χ0) is 12.8. The molecule has 2 aliphatic rings. The molecule has 2 aliphatic carbocycles. The standard InChI is InChI=1S/C16H19N3/c17-14-7-13(8-14)16-18-9-15(19-16)12-5-4-10-2-1-3-11(10)6-12/h4-6,9,13-14H,1-3,7-8,17H2,(H,18,19). The third-order valence-corrected chi connectivity index (χ3v) is 4.57. The van der Waals surface area contributed by atoms with E-state index in [4.69, 9.17) is 5.73 Å². The number of benzene rings is 1. The Bertz CT molecular complexity index is 608. The van der Waals surface area contributed by atoms with Crippen molar-refractivity contribution in [2.45, 2.75) is 44.1 Å². The van der Waals surface area contributed by atoms with Crippen molar-refractivity contribution in [3.63, 3.8) is 0 Å². The van der Waals surface area contributed by atoms with Crippen LogP contribution >= 0.6 is 0 Å². The number of fused-ring (bicyclic) bond motifs is 1. The van der Waals surface area contributed by atoms with Crippen LogP contribution in [0.3, 0.4) is 0 Å². The maximum absolute atomic E-state index is 5.84. The van der Waals surface area contributed by atoms with E-state index >= 15 is 0 Å². The quantitative estimate of drug-likeness (QED) is 0.864. The zero-order valence-corrected chi connectivity index (χ0v) is 11.0. The summed E-state index contributed by atoms with van der Waals surface area (Å²) in [6, 6.07) is 7.19. The lowest BCUT2D eigenvalue weighted by Gasteiger charge is -2.30. The van der Waals surface area contributed by atoms with E-state index in [0.29, 0.717) is 12.0 Å². The van der Waals surface area contributed by atoms with Gasteiger partial charge in [0, 0.05) is 12.0 Å². The largest absolute Gasteiger partial charge is 0.342 e. The van der Waals surface area contributed by atoms with Crippen molar-refractivity contribution in [3.05, 3.63) is 41.3 Å².